The minimum atomic E-state index is -1.08. The molecule has 0 aliphatic heterocycles. The monoisotopic (exact) mass is 367 g/mol. The minimum Gasteiger partial charge on any atom is -0.322 e. The van der Waals surface area contributed by atoms with Crippen molar-refractivity contribution < 1.29 is 18.4 Å². The van der Waals surface area contributed by atoms with Gasteiger partial charge < -0.3 is 10.6 Å². The molecule has 3 rings (SSSR count). The predicted molar refractivity (Wildman–Crippen MR) is 97.7 cm³/mol. The van der Waals surface area contributed by atoms with Crippen LogP contribution in [0.1, 0.15) is 26.4 Å². The van der Waals surface area contributed by atoms with Gasteiger partial charge in [-0.25, -0.2) is 8.78 Å². The fraction of sp³-hybridized carbons (Fsp3) is 0.0500. The van der Waals surface area contributed by atoms with E-state index >= 15 is 0 Å². The van der Waals surface area contributed by atoms with E-state index in [0.29, 0.717) is 5.69 Å². The Balaban J connectivity index is 1.76. The van der Waals surface area contributed by atoms with Crippen molar-refractivity contribution in [3.63, 3.8) is 0 Å². The number of amides is 2. The average molecular weight is 367 g/mol. The first-order valence-electron chi connectivity index (χ1n) is 8.03. The van der Waals surface area contributed by atoms with E-state index in [1.54, 1.807) is 12.1 Å². The van der Waals surface area contributed by atoms with Gasteiger partial charge in [0.2, 0.25) is 0 Å². The van der Waals surface area contributed by atoms with E-state index in [4.69, 9.17) is 0 Å². The van der Waals surface area contributed by atoms with Crippen LogP contribution in [0.25, 0.3) is 0 Å². The zero-order valence-corrected chi connectivity index (χ0v) is 14.3. The SMILES string of the molecule is Cc1ccccc1NC(=O)c1ccnc(C(=O)Nc2ccc(F)c(F)c2)c1. The lowest BCUT2D eigenvalue weighted by molar-refractivity contribution is 0.102. The van der Waals surface area contributed by atoms with E-state index in [9.17, 15) is 18.4 Å². The van der Waals surface area contributed by atoms with Crippen LogP contribution in [-0.4, -0.2) is 16.8 Å². The number of aryl methyl sites for hydroxylation is 1. The molecule has 0 aliphatic carbocycles. The molecule has 0 aliphatic rings. The van der Waals surface area contributed by atoms with Crippen molar-refractivity contribution in [2.75, 3.05) is 10.6 Å². The lowest BCUT2D eigenvalue weighted by Crippen LogP contribution is -2.17. The Morgan fingerprint density at radius 1 is 0.889 bits per heavy atom. The largest absolute Gasteiger partial charge is 0.322 e. The van der Waals surface area contributed by atoms with Crippen molar-refractivity contribution in [1.29, 1.82) is 0 Å². The van der Waals surface area contributed by atoms with Crippen LogP contribution in [-0.2, 0) is 0 Å². The number of rotatable bonds is 4. The van der Waals surface area contributed by atoms with Gasteiger partial charge in [-0.15, -0.1) is 0 Å². The van der Waals surface area contributed by atoms with Crippen LogP contribution in [0.3, 0.4) is 0 Å². The fourth-order valence-electron chi connectivity index (χ4n) is 2.37. The lowest BCUT2D eigenvalue weighted by atomic mass is 10.1. The third kappa shape index (κ3) is 4.33. The summed E-state index contributed by atoms with van der Waals surface area (Å²) in [6.07, 6.45) is 1.33. The first kappa shape index (κ1) is 18.2. The summed E-state index contributed by atoms with van der Waals surface area (Å²) >= 11 is 0. The molecule has 0 radical (unpaired) electrons. The standard InChI is InChI=1S/C20H15F2N3O2/c1-12-4-2-3-5-17(12)25-19(26)13-8-9-23-18(10-13)20(27)24-14-6-7-15(21)16(22)11-14/h2-11H,1H3,(H,24,27)(H,25,26). The highest BCUT2D eigenvalue weighted by Gasteiger charge is 2.14. The zero-order chi connectivity index (χ0) is 19.4. The molecule has 2 aromatic carbocycles. The molecule has 0 atom stereocenters. The van der Waals surface area contributed by atoms with Gasteiger partial charge in [-0.1, -0.05) is 18.2 Å². The summed E-state index contributed by atoms with van der Waals surface area (Å²) in [4.78, 5) is 28.6. The molecule has 0 saturated heterocycles. The van der Waals surface area contributed by atoms with E-state index in [1.807, 2.05) is 19.1 Å². The highest BCUT2D eigenvalue weighted by molar-refractivity contribution is 6.08. The number of pyridine rings is 1. The molecule has 0 bridgehead atoms. The Hall–Kier alpha value is -3.61. The third-order valence-corrected chi connectivity index (χ3v) is 3.83. The van der Waals surface area contributed by atoms with Gasteiger partial charge >= 0.3 is 0 Å². The second-order valence-corrected chi connectivity index (χ2v) is 5.78. The van der Waals surface area contributed by atoms with Gasteiger partial charge in [0.1, 0.15) is 5.69 Å². The number of nitrogens with zero attached hydrogens (tertiary/aromatic N) is 1. The maximum absolute atomic E-state index is 13.2. The van der Waals surface area contributed by atoms with Crippen LogP contribution in [0.2, 0.25) is 0 Å². The van der Waals surface area contributed by atoms with Gasteiger partial charge in [-0.05, 0) is 42.8 Å². The van der Waals surface area contributed by atoms with Crippen molar-refractivity contribution in [2.24, 2.45) is 0 Å². The molecule has 0 spiro atoms. The van der Waals surface area contributed by atoms with Gasteiger partial charge in [0.15, 0.2) is 11.6 Å². The first-order chi connectivity index (χ1) is 12.9. The fourth-order valence-corrected chi connectivity index (χ4v) is 2.37. The second kappa shape index (κ2) is 7.74. The number of hydrogen-bond donors (Lipinski definition) is 2. The number of nitrogens with one attached hydrogen (secondary N) is 2. The Morgan fingerprint density at radius 2 is 1.67 bits per heavy atom. The van der Waals surface area contributed by atoms with Gasteiger partial charge in [0.05, 0.1) is 0 Å². The summed E-state index contributed by atoms with van der Waals surface area (Å²) < 4.78 is 26.2. The number of benzene rings is 2. The van der Waals surface area contributed by atoms with Crippen LogP contribution in [0.5, 0.6) is 0 Å². The molecular weight excluding hydrogens is 352 g/mol. The molecule has 3 aromatic rings. The molecule has 2 amide bonds. The number of hydrogen-bond acceptors (Lipinski definition) is 3. The van der Waals surface area contributed by atoms with Gasteiger partial charge in [0.25, 0.3) is 11.8 Å². The van der Waals surface area contributed by atoms with E-state index in [2.05, 4.69) is 15.6 Å². The maximum atomic E-state index is 13.2. The van der Waals surface area contributed by atoms with Crippen LogP contribution >= 0.6 is 0 Å². The van der Waals surface area contributed by atoms with Crippen LogP contribution in [0, 0.1) is 18.6 Å². The van der Waals surface area contributed by atoms with Gasteiger partial charge in [0, 0.05) is 29.2 Å². The molecule has 1 aromatic heterocycles. The number of carbonyl (C=O) groups excluding carboxylic acids is 2. The molecule has 2 N–H and O–H groups in total. The summed E-state index contributed by atoms with van der Waals surface area (Å²) in [5, 5.41) is 5.18. The summed E-state index contributed by atoms with van der Waals surface area (Å²) in [5.74, 6) is -3.13. The third-order valence-electron chi connectivity index (χ3n) is 3.83. The molecule has 1 heterocycles. The highest BCUT2D eigenvalue weighted by Crippen LogP contribution is 2.16. The highest BCUT2D eigenvalue weighted by atomic mass is 19.2. The van der Waals surface area contributed by atoms with Crippen molar-refractivity contribution in [1.82, 2.24) is 4.98 Å². The summed E-state index contributed by atoms with van der Waals surface area (Å²) in [5.41, 5.74) is 1.85. The molecule has 5 nitrogen and oxygen atoms in total. The number of halogens is 2. The van der Waals surface area contributed by atoms with Crippen molar-refractivity contribution >= 4 is 23.2 Å². The summed E-state index contributed by atoms with van der Waals surface area (Å²) in [6, 6.07) is 13.1. The minimum absolute atomic E-state index is 0.0304. The second-order valence-electron chi connectivity index (χ2n) is 5.78. The van der Waals surface area contributed by atoms with Crippen molar-refractivity contribution in [3.8, 4) is 0 Å². The molecule has 7 heteroatoms. The molecule has 136 valence electrons. The summed E-state index contributed by atoms with van der Waals surface area (Å²) in [7, 11) is 0. The van der Waals surface area contributed by atoms with Crippen LogP contribution in [0.4, 0.5) is 20.2 Å². The smallest absolute Gasteiger partial charge is 0.274 e. The Bertz CT molecular complexity index is 1020. The van der Waals surface area contributed by atoms with E-state index < -0.39 is 23.4 Å². The van der Waals surface area contributed by atoms with Crippen molar-refractivity contribution in [3.05, 3.63) is 89.2 Å². The Labute approximate surface area is 154 Å². The Morgan fingerprint density at radius 3 is 2.41 bits per heavy atom. The predicted octanol–water partition coefficient (Wildman–Crippen LogP) is 4.17. The average Bonchev–Trinajstić information content (AvgIpc) is 2.66. The zero-order valence-electron chi connectivity index (χ0n) is 14.3. The lowest BCUT2D eigenvalue weighted by Gasteiger charge is -2.09. The molecule has 27 heavy (non-hydrogen) atoms. The Kier molecular flexibility index (Phi) is 5.21. The molecular formula is C20H15F2N3O2. The normalized spacial score (nSPS) is 10.3. The maximum Gasteiger partial charge on any atom is 0.274 e. The molecule has 0 saturated carbocycles. The number of aromatic nitrogens is 1. The van der Waals surface area contributed by atoms with Crippen LogP contribution < -0.4 is 10.6 Å². The number of anilines is 2. The van der Waals surface area contributed by atoms with Gasteiger partial charge in [-0.2, -0.15) is 0 Å². The van der Waals surface area contributed by atoms with Gasteiger partial charge in [-0.3, -0.25) is 14.6 Å². The van der Waals surface area contributed by atoms with E-state index in [1.165, 1.54) is 24.4 Å². The summed E-state index contributed by atoms with van der Waals surface area (Å²) in [6.45, 7) is 1.86. The van der Waals surface area contributed by atoms with Crippen molar-refractivity contribution in [2.45, 2.75) is 6.92 Å². The quantitative estimate of drug-likeness (QED) is 0.727. The van der Waals surface area contributed by atoms with E-state index in [0.717, 1.165) is 17.7 Å². The van der Waals surface area contributed by atoms with E-state index in [-0.39, 0.29) is 16.9 Å². The number of carbonyl (C=O) groups is 2. The molecule has 0 unspecified atom stereocenters. The number of para-hydroxylation sites is 1. The first-order valence-corrected chi connectivity index (χ1v) is 8.03. The molecule has 0 fully saturated rings. The topological polar surface area (TPSA) is 71.1 Å². The van der Waals surface area contributed by atoms with Crippen LogP contribution in [0.15, 0.2) is 60.8 Å².